The van der Waals surface area contributed by atoms with Crippen LogP contribution in [0.1, 0.15) is 18.1 Å². The van der Waals surface area contributed by atoms with Gasteiger partial charge < -0.3 is 19.4 Å². The van der Waals surface area contributed by atoms with Crippen LogP contribution in [0.25, 0.3) is 33.0 Å². The number of aliphatic hydroxyl groups excluding tert-OH is 1. The minimum Gasteiger partial charge on any atom is -0.389 e. The molecule has 2 aromatic heterocycles. The Balaban J connectivity index is 1.72. The van der Waals surface area contributed by atoms with Crippen molar-refractivity contribution in [2.75, 3.05) is 13.2 Å². The quantitative estimate of drug-likeness (QED) is 0.365. The van der Waals surface area contributed by atoms with E-state index >= 15 is 0 Å². The van der Waals surface area contributed by atoms with Crippen molar-refractivity contribution in [1.29, 1.82) is 0 Å². The van der Waals surface area contributed by atoms with E-state index in [1.807, 2.05) is 6.92 Å². The molecule has 1 aliphatic heterocycles. The first kappa shape index (κ1) is 22.0. The van der Waals surface area contributed by atoms with Crippen LogP contribution in [-0.2, 0) is 20.9 Å². The van der Waals surface area contributed by atoms with Crippen molar-refractivity contribution >= 4 is 44.8 Å². The number of ether oxygens (including phenoxy) is 1. The molecular formula is C25H21F2N3O4. The topological polar surface area (TPSA) is 96.3 Å². The van der Waals surface area contributed by atoms with Gasteiger partial charge in [-0.05, 0) is 43.3 Å². The van der Waals surface area contributed by atoms with Gasteiger partial charge in [-0.15, -0.1) is 0 Å². The molecule has 0 radical (unpaired) electrons. The first-order valence-electron chi connectivity index (χ1n) is 10.8. The van der Waals surface area contributed by atoms with Crippen molar-refractivity contribution in [3.63, 3.8) is 0 Å². The molecule has 2 aromatic carbocycles. The number of nitrogens with one attached hydrogen (secondary N) is 2. The number of nitrogens with zero attached hydrogens (tertiary/aromatic N) is 1. The van der Waals surface area contributed by atoms with Crippen molar-refractivity contribution in [3.05, 3.63) is 71.6 Å². The maximum Gasteiger partial charge on any atom is 0.259 e. The van der Waals surface area contributed by atoms with Gasteiger partial charge in [-0.25, -0.2) is 8.78 Å². The molecule has 1 unspecified atom stereocenters. The minimum atomic E-state index is -0.836. The van der Waals surface area contributed by atoms with E-state index in [1.54, 1.807) is 29.1 Å². The first-order valence-corrected chi connectivity index (χ1v) is 10.8. The fraction of sp³-hybridized carbons (Fsp3) is 0.200. The van der Waals surface area contributed by atoms with Crippen LogP contribution in [-0.4, -0.2) is 45.8 Å². The molecule has 34 heavy (non-hydrogen) atoms. The normalized spacial score (nSPS) is 15.1. The molecule has 9 heteroatoms. The Morgan fingerprint density at radius 2 is 1.68 bits per heavy atom. The number of aromatic nitrogens is 2. The van der Waals surface area contributed by atoms with E-state index in [-0.39, 0.29) is 24.3 Å². The van der Waals surface area contributed by atoms with Gasteiger partial charge in [0.15, 0.2) is 0 Å². The maximum atomic E-state index is 14.2. The summed E-state index contributed by atoms with van der Waals surface area (Å²) in [6.07, 6.45) is 2.32. The second kappa shape index (κ2) is 8.51. The smallest absolute Gasteiger partial charge is 0.259 e. The van der Waals surface area contributed by atoms with Crippen molar-refractivity contribution in [2.45, 2.75) is 19.6 Å². The zero-order valence-electron chi connectivity index (χ0n) is 18.2. The number of amides is 2. The van der Waals surface area contributed by atoms with Gasteiger partial charge in [0.2, 0.25) is 0 Å². The SMILES string of the molecule is CCOCC(O)Cn1cc(C2=C(c3c[nH]c4ccc(F)cc34)C(=O)NC2=O)c2cc(F)ccc21. The average molecular weight is 465 g/mol. The van der Waals surface area contributed by atoms with E-state index in [9.17, 15) is 23.5 Å². The van der Waals surface area contributed by atoms with Gasteiger partial charge in [0, 0.05) is 51.9 Å². The molecule has 0 fully saturated rings. The number of benzene rings is 2. The lowest BCUT2D eigenvalue weighted by atomic mass is 9.95. The highest BCUT2D eigenvalue weighted by molar-refractivity contribution is 6.50. The number of H-pyrrole nitrogens is 1. The molecule has 2 amide bonds. The molecule has 0 aliphatic carbocycles. The molecule has 0 bridgehead atoms. The fourth-order valence-corrected chi connectivity index (χ4v) is 4.42. The van der Waals surface area contributed by atoms with Gasteiger partial charge in [0.1, 0.15) is 11.6 Å². The molecule has 0 spiro atoms. The van der Waals surface area contributed by atoms with Crippen LogP contribution in [0.3, 0.4) is 0 Å². The highest BCUT2D eigenvalue weighted by Gasteiger charge is 2.35. The zero-order chi connectivity index (χ0) is 24.0. The van der Waals surface area contributed by atoms with Crippen LogP contribution >= 0.6 is 0 Å². The Hall–Kier alpha value is -3.82. The Morgan fingerprint density at radius 1 is 1.00 bits per heavy atom. The number of halogens is 2. The number of aliphatic hydroxyl groups is 1. The van der Waals surface area contributed by atoms with Crippen molar-refractivity contribution in [2.24, 2.45) is 0 Å². The third kappa shape index (κ3) is 3.68. The lowest BCUT2D eigenvalue weighted by Crippen LogP contribution is -2.22. The summed E-state index contributed by atoms with van der Waals surface area (Å²) in [4.78, 5) is 28.8. The Bertz CT molecular complexity index is 1480. The predicted molar refractivity (Wildman–Crippen MR) is 123 cm³/mol. The summed E-state index contributed by atoms with van der Waals surface area (Å²) in [7, 11) is 0. The van der Waals surface area contributed by atoms with Gasteiger partial charge in [-0.1, -0.05) is 0 Å². The Morgan fingerprint density at radius 3 is 2.41 bits per heavy atom. The summed E-state index contributed by atoms with van der Waals surface area (Å²) in [5.41, 5.74) is 2.01. The highest BCUT2D eigenvalue weighted by atomic mass is 19.1. The van der Waals surface area contributed by atoms with Gasteiger partial charge >= 0.3 is 0 Å². The molecule has 1 atom stereocenters. The van der Waals surface area contributed by atoms with Gasteiger partial charge in [0.25, 0.3) is 11.8 Å². The zero-order valence-corrected chi connectivity index (χ0v) is 18.2. The van der Waals surface area contributed by atoms with E-state index in [2.05, 4.69) is 10.3 Å². The third-order valence-corrected chi connectivity index (χ3v) is 5.88. The molecule has 4 aromatic rings. The fourth-order valence-electron chi connectivity index (χ4n) is 4.42. The summed E-state index contributed by atoms with van der Waals surface area (Å²) >= 11 is 0. The molecule has 0 saturated heterocycles. The second-order valence-electron chi connectivity index (χ2n) is 8.10. The average Bonchev–Trinajstić information content (AvgIpc) is 3.44. The molecule has 5 rings (SSSR count). The third-order valence-electron chi connectivity index (χ3n) is 5.88. The Kier molecular flexibility index (Phi) is 5.51. The second-order valence-corrected chi connectivity index (χ2v) is 8.10. The van der Waals surface area contributed by atoms with Gasteiger partial charge in [-0.2, -0.15) is 0 Å². The standard InChI is InChI=1S/C25H21F2N3O4/c1-2-34-12-15(31)10-30-11-19(17-8-14(27)4-6-21(17)30)23-22(24(32)29-25(23)33)18-9-28-20-5-3-13(26)7-16(18)20/h3-9,11,15,28,31H,2,10,12H2,1H3,(H,29,32,33). The predicted octanol–water partition coefficient (Wildman–Crippen LogP) is 3.37. The minimum absolute atomic E-state index is 0.0591. The van der Waals surface area contributed by atoms with E-state index in [0.29, 0.717) is 39.5 Å². The number of aromatic amines is 1. The lowest BCUT2D eigenvalue weighted by molar-refractivity contribution is -0.122. The molecule has 0 saturated carbocycles. The lowest BCUT2D eigenvalue weighted by Gasteiger charge is -2.12. The summed E-state index contributed by atoms with van der Waals surface area (Å²) in [6.45, 7) is 2.52. The number of carbonyl (C=O) groups is 2. The largest absolute Gasteiger partial charge is 0.389 e. The molecule has 1 aliphatic rings. The molecular weight excluding hydrogens is 444 g/mol. The molecule has 3 heterocycles. The van der Waals surface area contributed by atoms with Gasteiger partial charge in [0.05, 0.1) is 30.4 Å². The van der Waals surface area contributed by atoms with E-state index in [4.69, 9.17) is 4.74 Å². The van der Waals surface area contributed by atoms with E-state index in [0.717, 1.165) is 0 Å². The summed E-state index contributed by atoms with van der Waals surface area (Å²) < 4.78 is 35.2. The van der Waals surface area contributed by atoms with Crippen LogP contribution < -0.4 is 5.32 Å². The maximum absolute atomic E-state index is 14.2. The molecule has 7 nitrogen and oxygen atoms in total. The number of hydrogen-bond donors (Lipinski definition) is 3. The van der Waals surface area contributed by atoms with Crippen LogP contribution in [0.15, 0.2) is 48.8 Å². The highest BCUT2D eigenvalue weighted by Crippen LogP contribution is 2.38. The van der Waals surface area contributed by atoms with Gasteiger partial charge in [-0.3, -0.25) is 14.9 Å². The van der Waals surface area contributed by atoms with Crippen LogP contribution in [0.2, 0.25) is 0 Å². The van der Waals surface area contributed by atoms with E-state index in [1.165, 1.54) is 24.3 Å². The molecule has 3 N–H and O–H groups in total. The number of fused-ring (bicyclic) bond motifs is 2. The summed E-state index contributed by atoms with van der Waals surface area (Å²) in [6, 6.07) is 8.25. The van der Waals surface area contributed by atoms with Crippen LogP contribution in [0.5, 0.6) is 0 Å². The van der Waals surface area contributed by atoms with Crippen molar-refractivity contribution < 1.29 is 28.2 Å². The van der Waals surface area contributed by atoms with Crippen molar-refractivity contribution in [3.8, 4) is 0 Å². The first-order chi connectivity index (χ1) is 16.4. The Labute approximate surface area is 192 Å². The van der Waals surface area contributed by atoms with Crippen LogP contribution in [0.4, 0.5) is 8.78 Å². The number of carbonyl (C=O) groups excluding carboxylic acids is 2. The number of rotatable bonds is 7. The van der Waals surface area contributed by atoms with Crippen LogP contribution in [0, 0.1) is 11.6 Å². The number of hydrogen-bond acceptors (Lipinski definition) is 4. The monoisotopic (exact) mass is 465 g/mol. The summed E-state index contributed by atoms with van der Waals surface area (Å²) in [5.74, 6) is -2.26. The van der Waals surface area contributed by atoms with Crippen molar-refractivity contribution in [1.82, 2.24) is 14.9 Å². The van der Waals surface area contributed by atoms with E-state index < -0.39 is 29.6 Å². The summed E-state index contributed by atoms with van der Waals surface area (Å²) in [5, 5.41) is 13.5. The number of imide groups is 1. The molecule has 174 valence electrons.